The topological polar surface area (TPSA) is 77.3 Å². The van der Waals surface area contributed by atoms with Crippen LogP contribution in [0.25, 0.3) is 79.5 Å². The van der Waals surface area contributed by atoms with E-state index >= 15 is 0 Å². The highest BCUT2D eigenvalue weighted by Gasteiger charge is 2.15. The molecule has 0 saturated carbocycles. The summed E-state index contributed by atoms with van der Waals surface area (Å²) < 4.78 is 0. The minimum absolute atomic E-state index is 0.544. The van der Waals surface area contributed by atoms with Gasteiger partial charge in [-0.1, -0.05) is 94.9 Å². The highest BCUT2D eigenvalue weighted by molar-refractivity contribution is 6.31. The average molecular weight is 755 g/mol. The normalized spacial score (nSPS) is 11.1. The third-order valence-electron chi connectivity index (χ3n) is 8.30. The van der Waals surface area contributed by atoms with Crippen molar-refractivity contribution in [2.45, 2.75) is 0 Å². The largest absolute Gasteiger partial charge is 0.208 e. The number of nitrogens with zero attached hydrogens (tertiary/aromatic N) is 6. The maximum atomic E-state index is 6.16. The van der Waals surface area contributed by atoms with Crippen LogP contribution in [0, 0.1) is 0 Å². The van der Waals surface area contributed by atoms with Crippen molar-refractivity contribution in [3.8, 4) is 79.5 Å². The molecule has 52 heavy (non-hydrogen) atoms. The molecule has 0 bridgehead atoms. The molecule has 2 heterocycles. The predicted molar refractivity (Wildman–Crippen MR) is 211 cm³/mol. The molecule has 8 rings (SSSR count). The fraction of sp³-hybridized carbons (Fsp3) is 0. The maximum absolute atomic E-state index is 6.16. The molecule has 2 aromatic heterocycles. The van der Waals surface area contributed by atoms with Crippen LogP contribution in [0.2, 0.25) is 20.1 Å². The summed E-state index contributed by atoms with van der Waals surface area (Å²) in [5, 5.41) is 2.55. The fourth-order valence-electron chi connectivity index (χ4n) is 5.55. The van der Waals surface area contributed by atoms with Crippen molar-refractivity contribution >= 4 is 46.4 Å². The van der Waals surface area contributed by atoms with E-state index < -0.39 is 0 Å². The molecule has 0 aliphatic carbocycles. The monoisotopic (exact) mass is 752 g/mol. The third kappa shape index (κ3) is 7.42. The van der Waals surface area contributed by atoms with Crippen molar-refractivity contribution in [2.24, 2.45) is 0 Å². The Kier molecular flexibility index (Phi) is 9.46. The zero-order valence-electron chi connectivity index (χ0n) is 27.1. The number of benzene rings is 6. The SMILES string of the molecule is Clc1ccc(-c2nc(-c3ccc(Cl)cc3)nc(-c3ccc(-c4ccc(-c5nc(-c6ccc(Cl)cc6)nc(-c6ccc(Cl)cc6)n5)cc4)cc3)n2)cc1. The van der Waals surface area contributed by atoms with Gasteiger partial charge in [0.1, 0.15) is 0 Å². The maximum Gasteiger partial charge on any atom is 0.164 e. The van der Waals surface area contributed by atoms with Gasteiger partial charge in [0.15, 0.2) is 34.9 Å². The Bertz CT molecular complexity index is 2200. The Morgan fingerprint density at radius 2 is 0.327 bits per heavy atom. The highest BCUT2D eigenvalue weighted by atomic mass is 35.5. The van der Waals surface area contributed by atoms with Crippen molar-refractivity contribution in [2.75, 3.05) is 0 Å². The van der Waals surface area contributed by atoms with Crippen molar-refractivity contribution in [3.63, 3.8) is 0 Å². The lowest BCUT2D eigenvalue weighted by Gasteiger charge is -2.10. The van der Waals surface area contributed by atoms with Crippen molar-refractivity contribution in [3.05, 3.63) is 166 Å². The van der Waals surface area contributed by atoms with Crippen molar-refractivity contribution in [1.29, 1.82) is 0 Å². The molecule has 0 N–H and O–H groups in total. The van der Waals surface area contributed by atoms with Crippen LogP contribution in [0.3, 0.4) is 0 Å². The predicted octanol–water partition coefficient (Wildman–Crippen LogP) is 12.3. The molecular formula is C42H24Cl4N6. The second kappa shape index (κ2) is 14.6. The number of rotatable bonds is 7. The summed E-state index contributed by atoms with van der Waals surface area (Å²) in [4.78, 5) is 28.9. The van der Waals surface area contributed by atoms with Gasteiger partial charge in [-0.3, -0.25) is 0 Å². The summed E-state index contributed by atoms with van der Waals surface area (Å²) in [6.07, 6.45) is 0. The molecule has 0 unspecified atom stereocenters. The minimum Gasteiger partial charge on any atom is -0.208 e. The molecule has 6 nitrogen and oxygen atoms in total. The molecule has 0 saturated heterocycles. The molecule has 0 amide bonds. The van der Waals surface area contributed by atoms with Crippen LogP contribution in [0.5, 0.6) is 0 Å². The smallest absolute Gasteiger partial charge is 0.164 e. The summed E-state index contributed by atoms with van der Waals surface area (Å²) in [5.41, 5.74) is 7.08. The summed E-state index contributed by atoms with van der Waals surface area (Å²) in [6.45, 7) is 0. The van der Waals surface area contributed by atoms with Crippen LogP contribution >= 0.6 is 46.4 Å². The molecule has 0 aliphatic heterocycles. The highest BCUT2D eigenvalue weighted by Crippen LogP contribution is 2.31. The second-order valence-corrected chi connectivity index (χ2v) is 13.5. The summed E-state index contributed by atoms with van der Waals surface area (Å²) in [5.74, 6) is 3.28. The van der Waals surface area contributed by atoms with Gasteiger partial charge < -0.3 is 0 Å². The Hall–Kier alpha value is -5.50. The fourth-order valence-corrected chi connectivity index (χ4v) is 6.05. The van der Waals surface area contributed by atoms with Gasteiger partial charge in [-0.25, -0.2) is 29.9 Å². The van der Waals surface area contributed by atoms with E-state index in [1.54, 1.807) is 0 Å². The first-order valence-corrected chi connectivity index (χ1v) is 17.6. The summed E-state index contributed by atoms with van der Waals surface area (Å²) >= 11 is 24.6. The van der Waals surface area contributed by atoms with E-state index in [1.165, 1.54) is 0 Å². The van der Waals surface area contributed by atoms with E-state index in [-0.39, 0.29) is 0 Å². The van der Waals surface area contributed by atoms with E-state index in [4.69, 9.17) is 76.3 Å². The van der Waals surface area contributed by atoms with Crippen molar-refractivity contribution < 1.29 is 0 Å². The van der Waals surface area contributed by atoms with Crippen LogP contribution in [-0.4, -0.2) is 29.9 Å². The van der Waals surface area contributed by atoms with Gasteiger partial charge in [0, 0.05) is 53.5 Å². The molecule has 0 fully saturated rings. The van der Waals surface area contributed by atoms with Gasteiger partial charge in [-0.05, 0) is 108 Å². The van der Waals surface area contributed by atoms with E-state index in [0.717, 1.165) is 44.5 Å². The Labute approximate surface area is 319 Å². The van der Waals surface area contributed by atoms with Gasteiger partial charge >= 0.3 is 0 Å². The van der Waals surface area contributed by atoms with Crippen LogP contribution in [0.1, 0.15) is 0 Å². The number of hydrogen-bond acceptors (Lipinski definition) is 6. The lowest BCUT2D eigenvalue weighted by atomic mass is 10.0. The molecule has 6 aromatic carbocycles. The first kappa shape index (κ1) is 33.6. The number of halogens is 4. The molecule has 0 atom stereocenters. The van der Waals surface area contributed by atoms with Crippen LogP contribution < -0.4 is 0 Å². The van der Waals surface area contributed by atoms with E-state index in [2.05, 4.69) is 24.3 Å². The molecule has 250 valence electrons. The molecule has 10 heteroatoms. The van der Waals surface area contributed by atoms with Gasteiger partial charge in [0.25, 0.3) is 0 Å². The van der Waals surface area contributed by atoms with Gasteiger partial charge in [-0.15, -0.1) is 0 Å². The molecule has 8 aromatic rings. The quantitative estimate of drug-likeness (QED) is 0.161. The van der Waals surface area contributed by atoms with Crippen LogP contribution in [0.15, 0.2) is 146 Å². The molecule has 0 aliphatic rings. The van der Waals surface area contributed by atoms with E-state index in [9.17, 15) is 0 Å². The molecule has 0 spiro atoms. The standard InChI is InChI=1S/C42H24Cl4N6/c43-33-17-9-29(10-18-33)39-47-37(48-40(51-39)30-11-19-34(44)20-12-30)27-5-1-25(2-6-27)26-3-7-28(8-4-26)38-49-41(31-13-21-35(45)22-14-31)52-42(50-38)32-15-23-36(46)24-16-32/h1-24H. The summed E-state index contributed by atoms with van der Waals surface area (Å²) in [7, 11) is 0. The lowest BCUT2D eigenvalue weighted by Crippen LogP contribution is -2.00. The van der Waals surface area contributed by atoms with E-state index in [1.807, 2.05) is 121 Å². The zero-order valence-corrected chi connectivity index (χ0v) is 30.1. The zero-order chi connectivity index (χ0) is 35.6. The Morgan fingerprint density at radius 1 is 0.192 bits per heavy atom. The lowest BCUT2D eigenvalue weighted by molar-refractivity contribution is 1.07. The Balaban J connectivity index is 1.11. The van der Waals surface area contributed by atoms with Crippen molar-refractivity contribution in [1.82, 2.24) is 29.9 Å². The molecule has 0 radical (unpaired) electrons. The van der Waals surface area contributed by atoms with E-state index in [0.29, 0.717) is 55.0 Å². The first-order chi connectivity index (χ1) is 25.3. The van der Waals surface area contributed by atoms with Crippen LogP contribution in [0.4, 0.5) is 0 Å². The summed E-state index contributed by atoms with van der Waals surface area (Å²) in [6, 6.07) is 46.0. The first-order valence-electron chi connectivity index (χ1n) is 16.1. The number of hydrogen-bond donors (Lipinski definition) is 0. The van der Waals surface area contributed by atoms with Crippen LogP contribution in [-0.2, 0) is 0 Å². The van der Waals surface area contributed by atoms with Gasteiger partial charge in [0.05, 0.1) is 0 Å². The number of aromatic nitrogens is 6. The second-order valence-electron chi connectivity index (χ2n) is 11.8. The minimum atomic E-state index is 0.544. The molecular weight excluding hydrogens is 730 g/mol. The third-order valence-corrected chi connectivity index (χ3v) is 9.31. The average Bonchev–Trinajstić information content (AvgIpc) is 3.19. The Morgan fingerprint density at radius 3 is 0.500 bits per heavy atom. The van der Waals surface area contributed by atoms with Gasteiger partial charge in [0.2, 0.25) is 0 Å². The van der Waals surface area contributed by atoms with Gasteiger partial charge in [-0.2, -0.15) is 0 Å².